The minimum absolute atomic E-state index is 0.313. The zero-order chi connectivity index (χ0) is 14.4. The fraction of sp³-hybridized carbons (Fsp3) is 0.417. The highest BCUT2D eigenvalue weighted by Gasteiger charge is 2.18. The quantitative estimate of drug-likeness (QED) is 0.786. The number of aliphatic carboxylic acids is 1. The van der Waals surface area contributed by atoms with Crippen molar-refractivity contribution in [1.82, 2.24) is 14.8 Å². The Kier molecular flexibility index (Phi) is 5.91. The predicted molar refractivity (Wildman–Crippen MR) is 74.0 cm³/mol. The molecule has 7 heteroatoms. The Hall–Kier alpha value is -1.47. The number of carboxylic acid groups (broad SMARTS) is 1. The van der Waals surface area contributed by atoms with Gasteiger partial charge >= 0.3 is 5.97 Å². The molecule has 104 valence electrons. The van der Waals surface area contributed by atoms with Crippen LogP contribution in [0.2, 0.25) is 0 Å². The highest BCUT2D eigenvalue weighted by atomic mass is 79.9. The van der Waals surface area contributed by atoms with Gasteiger partial charge in [-0.3, -0.25) is 9.59 Å². The van der Waals surface area contributed by atoms with Gasteiger partial charge in [0.15, 0.2) is 0 Å². The van der Waals surface area contributed by atoms with Crippen LogP contribution in [0, 0.1) is 0 Å². The Morgan fingerprint density at radius 1 is 1.37 bits per heavy atom. The van der Waals surface area contributed by atoms with Gasteiger partial charge in [0.05, 0.1) is 0 Å². The van der Waals surface area contributed by atoms with Crippen molar-refractivity contribution in [1.29, 1.82) is 0 Å². The standard InChI is InChI=1S/C12H16BrN3O3/c1-15(2)5-6-16(8-11(17)18)12(19)9-3-4-14-10(13)7-9/h3-4,7H,5-6,8H2,1-2H3,(H,17,18). The third kappa shape index (κ3) is 5.35. The van der Waals surface area contributed by atoms with Crippen LogP contribution in [0.25, 0.3) is 0 Å². The average Bonchev–Trinajstić information content (AvgIpc) is 2.33. The first-order valence-corrected chi connectivity index (χ1v) is 6.47. The van der Waals surface area contributed by atoms with Gasteiger partial charge in [-0.2, -0.15) is 0 Å². The number of hydrogen-bond donors (Lipinski definition) is 1. The Labute approximate surface area is 120 Å². The van der Waals surface area contributed by atoms with Crippen molar-refractivity contribution in [3.63, 3.8) is 0 Å². The van der Waals surface area contributed by atoms with Gasteiger partial charge < -0.3 is 14.9 Å². The number of carbonyl (C=O) groups is 2. The zero-order valence-electron chi connectivity index (χ0n) is 10.8. The molecule has 0 aromatic carbocycles. The molecule has 0 aliphatic heterocycles. The minimum Gasteiger partial charge on any atom is -0.480 e. The summed E-state index contributed by atoms with van der Waals surface area (Å²) in [5.41, 5.74) is 0.418. The number of pyridine rings is 1. The second-order valence-corrected chi connectivity index (χ2v) is 5.10. The highest BCUT2D eigenvalue weighted by molar-refractivity contribution is 9.10. The topological polar surface area (TPSA) is 73.7 Å². The molecule has 0 saturated heterocycles. The SMILES string of the molecule is CN(C)CCN(CC(=O)O)C(=O)c1ccnc(Br)c1. The van der Waals surface area contributed by atoms with Crippen LogP contribution in [0.4, 0.5) is 0 Å². The van der Waals surface area contributed by atoms with Gasteiger partial charge in [0, 0.05) is 24.8 Å². The Bertz CT molecular complexity index is 465. The molecule has 1 heterocycles. The zero-order valence-corrected chi connectivity index (χ0v) is 12.4. The first-order chi connectivity index (χ1) is 8.90. The molecule has 1 amide bonds. The molecular formula is C12H16BrN3O3. The smallest absolute Gasteiger partial charge is 0.323 e. The number of nitrogens with zero attached hydrogens (tertiary/aromatic N) is 3. The van der Waals surface area contributed by atoms with Crippen molar-refractivity contribution in [2.75, 3.05) is 33.7 Å². The van der Waals surface area contributed by atoms with Gasteiger partial charge in [-0.1, -0.05) is 0 Å². The Morgan fingerprint density at radius 3 is 2.58 bits per heavy atom. The molecule has 0 atom stereocenters. The van der Waals surface area contributed by atoms with Gasteiger partial charge in [-0.05, 0) is 42.2 Å². The van der Waals surface area contributed by atoms with Crippen LogP contribution < -0.4 is 0 Å². The van der Waals surface area contributed by atoms with Crippen molar-refractivity contribution in [2.24, 2.45) is 0 Å². The fourth-order valence-corrected chi connectivity index (χ4v) is 1.82. The molecular weight excluding hydrogens is 314 g/mol. The van der Waals surface area contributed by atoms with E-state index in [4.69, 9.17) is 5.11 Å². The van der Waals surface area contributed by atoms with Gasteiger partial charge in [-0.25, -0.2) is 4.98 Å². The van der Waals surface area contributed by atoms with E-state index in [0.29, 0.717) is 23.3 Å². The third-order valence-corrected chi connectivity index (χ3v) is 2.84. The summed E-state index contributed by atoms with van der Waals surface area (Å²) in [5.74, 6) is -1.34. The molecule has 0 fully saturated rings. The lowest BCUT2D eigenvalue weighted by Crippen LogP contribution is -2.40. The number of rotatable bonds is 6. The number of amides is 1. The molecule has 0 aliphatic rings. The molecule has 1 rings (SSSR count). The van der Waals surface area contributed by atoms with Crippen LogP contribution in [-0.2, 0) is 4.79 Å². The van der Waals surface area contributed by atoms with E-state index in [0.717, 1.165) is 0 Å². The predicted octanol–water partition coefficient (Wildman–Crippen LogP) is 0.933. The molecule has 1 N–H and O–H groups in total. The largest absolute Gasteiger partial charge is 0.480 e. The molecule has 0 bridgehead atoms. The lowest BCUT2D eigenvalue weighted by molar-refractivity contribution is -0.137. The summed E-state index contributed by atoms with van der Waals surface area (Å²) in [4.78, 5) is 30.2. The molecule has 0 unspecified atom stereocenters. The number of halogens is 1. The monoisotopic (exact) mass is 329 g/mol. The van der Waals surface area contributed by atoms with Gasteiger partial charge in [-0.15, -0.1) is 0 Å². The number of carbonyl (C=O) groups excluding carboxylic acids is 1. The number of aromatic nitrogens is 1. The van der Waals surface area contributed by atoms with E-state index in [1.54, 1.807) is 12.1 Å². The van der Waals surface area contributed by atoms with Crippen LogP contribution in [0.15, 0.2) is 22.9 Å². The van der Waals surface area contributed by atoms with Crippen LogP contribution in [0.5, 0.6) is 0 Å². The average molecular weight is 330 g/mol. The van der Waals surface area contributed by atoms with Crippen molar-refractivity contribution in [2.45, 2.75) is 0 Å². The summed E-state index contributed by atoms with van der Waals surface area (Å²) in [5, 5.41) is 8.87. The fourth-order valence-electron chi connectivity index (χ4n) is 1.45. The summed E-state index contributed by atoms with van der Waals surface area (Å²) in [6.45, 7) is 0.649. The van der Waals surface area contributed by atoms with E-state index >= 15 is 0 Å². The second-order valence-electron chi connectivity index (χ2n) is 4.29. The molecule has 0 aliphatic carbocycles. The van der Waals surface area contributed by atoms with Crippen molar-refractivity contribution < 1.29 is 14.7 Å². The summed E-state index contributed by atoms with van der Waals surface area (Å²) in [7, 11) is 3.74. The molecule has 1 aromatic rings. The van der Waals surface area contributed by atoms with Crippen molar-refractivity contribution >= 4 is 27.8 Å². The van der Waals surface area contributed by atoms with Crippen molar-refractivity contribution in [3.8, 4) is 0 Å². The van der Waals surface area contributed by atoms with E-state index < -0.39 is 5.97 Å². The van der Waals surface area contributed by atoms with Crippen LogP contribution in [-0.4, -0.2) is 65.5 Å². The van der Waals surface area contributed by atoms with E-state index in [2.05, 4.69) is 20.9 Å². The first-order valence-electron chi connectivity index (χ1n) is 5.67. The molecule has 0 radical (unpaired) electrons. The first kappa shape index (κ1) is 15.6. The Morgan fingerprint density at radius 2 is 2.05 bits per heavy atom. The molecule has 6 nitrogen and oxygen atoms in total. The number of hydrogen-bond acceptors (Lipinski definition) is 4. The van der Waals surface area contributed by atoms with Crippen molar-refractivity contribution in [3.05, 3.63) is 28.5 Å². The molecule has 0 spiro atoms. The van der Waals surface area contributed by atoms with Crippen LogP contribution in [0.3, 0.4) is 0 Å². The molecule has 19 heavy (non-hydrogen) atoms. The van der Waals surface area contributed by atoms with E-state index in [-0.39, 0.29) is 12.5 Å². The summed E-state index contributed by atoms with van der Waals surface area (Å²) in [6.07, 6.45) is 1.50. The van der Waals surface area contributed by atoms with Crippen LogP contribution >= 0.6 is 15.9 Å². The van der Waals surface area contributed by atoms with Gasteiger partial charge in [0.2, 0.25) is 0 Å². The van der Waals surface area contributed by atoms with E-state index in [9.17, 15) is 9.59 Å². The van der Waals surface area contributed by atoms with Gasteiger partial charge in [0.25, 0.3) is 5.91 Å². The number of likely N-dealkylation sites (N-methyl/N-ethyl adjacent to an activating group) is 1. The summed E-state index contributed by atoms with van der Waals surface area (Å²) >= 11 is 3.19. The summed E-state index contributed by atoms with van der Waals surface area (Å²) < 4.78 is 0.543. The maximum Gasteiger partial charge on any atom is 0.323 e. The molecule has 1 aromatic heterocycles. The third-order valence-electron chi connectivity index (χ3n) is 2.40. The lowest BCUT2D eigenvalue weighted by atomic mass is 10.2. The lowest BCUT2D eigenvalue weighted by Gasteiger charge is -2.22. The van der Waals surface area contributed by atoms with Crippen LogP contribution in [0.1, 0.15) is 10.4 Å². The maximum absolute atomic E-state index is 12.2. The Balaban J connectivity index is 2.83. The number of carboxylic acids is 1. The van der Waals surface area contributed by atoms with E-state index in [1.807, 2.05) is 19.0 Å². The second kappa shape index (κ2) is 7.20. The van der Waals surface area contributed by atoms with Gasteiger partial charge in [0.1, 0.15) is 11.1 Å². The van der Waals surface area contributed by atoms with E-state index in [1.165, 1.54) is 11.1 Å². The summed E-state index contributed by atoms with van der Waals surface area (Å²) in [6, 6.07) is 3.14. The molecule has 0 saturated carbocycles. The normalized spacial score (nSPS) is 10.5. The highest BCUT2D eigenvalue weighted by Crippen LogP contribution is 2.10. The minimum atomic E-state index is -1.03. The maximum atomic E-state index is 12.2.